The van der Waals surface area contributed by atoms with Gasteiger partial charge in [0.05, 0.1) is 5.69 Å². The Hall–Kier alpha value is -1.89. The van der Waals surface area contributed by atoms with Crippen LogP contribution in [0.3, 0.4) is 0 Å². The van der Waals surface area contributed by atoms with Crippen LogP contribution in [0.1, 0.15) is 59.6 Å². The Morgan fingerprint density at radius 2 is 2.32 bits per heavy atom. The molecule has 0 bridgehead atoms. The molecule has 116 valence electrons. The van der Waals surface area contributed by atoms with Crippen molar-refractivity contribution in [3.05, 3.63) is 34.9 Å². The molecule has 0 N–H and O–H groups in total. The quantitative estimate of drug-likeness (QED) is 0.869. The number of carbonyl (C=O) groups excluding carboxylic acids is 1. The minimum atomic E-state index is 0.0532. The molecule has 1 atom stereocenters. The molecule has 0 spiro atoms. The number of aromatic nitrogens is 4. The molecule has 2 aromatic heterocycles. The van der Waals surface area contributed by atoms with Crippen LogP contribution >= 0.6 is 11.5 Å². The molecule has 1 amide bonds. The maximum absolute atomic E-state index is 12.8. The van der Waals surface area contributed by atoms with E-state index in [1.54, 1.807) is 12.5 Å². The molecule has 2 aromatic rings. The Balaban J connectivity index is 1.77. The van der Waals surface area contributed by atoms with Gasteiger partial charge >= 0.3 is 0 Å². The second kappa shape index (κ2) is 6.48. The number of rotatable bonds is 3. The molecule has 3 heterocycles. The van der Waals surface area contributed by atoms with Gasteiger partial charge in [0.15, 0.2) is 0 Å². The Kier molecular flexibility index (Phi) is 4.42. The fraction of sp³-hybridized carbons (Fsp3) is 0.533. The number of nitrogens with zero attached hydrogens (tertiary/aromatic N) is 5. The Morgan fingerprint density at radius 1 is 1.45 bits per heavy atom. The average Bonchev–Trinajstić information content (AvgIpc) is 3.05. The number of amides is 1. The summed E-state index contributed by atoms with van der Waals surface area (Å²) in [6, 6.07) is 1.94. The Bertz CT molecular complexity index is 642. The van der Waals surface area contributed by atoms with Crippen molar-refractivity contribution in [1.29, 1.82) is 0 Å². The lowest BCUT2D eigenvalue weighted by Crippen LogP contribution is -2.39. The maximum Gasteiger partial charge on any atom is 0.267 e. The molecule has 6 nitrogen and oxygen atoms in total. The summed E-state index contributed by atoms with van der Waals surface area (Å²) in [6.45, 7) is 5.56. The molecule has 0 unspecified atom stereocenters. The third-order valence-corrected chi connectivity index (χ3v) is 4.72. The number of likely N-dealkylation sites (tertiary alicyclic amines) is 1. The van der Waals surface area contributed by atoms with Gasteiger partial charge in [0.25, 0.3) is 5.91 Å². The van der Waals surface area contributed by atoms with Crippen molar-refractivity contribution < 1.29 is 4.79 Å². The van der Waals surface area contributed by atoms with E-state index >= 15 is 0 Å². The van der Waals surface area contributed by atoms with Crippen molar-refractivity contribution >= 4 is 17.4 Å². The fourth-order valence-electron chi connectivity index (χ4n) is 2.81. The van der Waals surface area contributed by atoms with Crippen LogP contribution in [-0.2, 0) is 0 Å². The molecule has 0 saturated carbocycles. The first-order valence-corrected chi connectivity index (χ1v) is 8.31. The molecule has 1 aliphatic heterocycles. The summed E-state index contributed by atoms with van der Waals surface area (Å²) in [4.78, 5) is 23.7. The largest absolute Gasteiger partial charge is 0.337 e. The highest BCUT2D eigenvalue weighted by Gasteiger charge is 2.29. The van der Waals surface area contributed by atoms with Gasteiger partial charge in [-0.25, -0.2) is 9.97 Å². The molecular formula is C15H19N5OS. The van der Waals surface area contributed by atoms with Gasteiger partial charge < -0.3 is 4.90 Å². The minimum absolute atomic E-state index is 0.0532. The van der Waals surface area contributed by atoms with Crippen LogP contribution < -0.4 is 0 Å². The van der Waals surface area contributed by atoms with Crippen LogP contribution in [-0.4, -0.2) is 43.5 Å². The van der Waals surface area contributed by atoms with E-state index in [1.807, 2.05) is 24.8 Å². The van der Waals surface area contributed by atoms with Crippen LogP contribution in [0.5, 0.6) is 0 Å². The number of hydrogen-bond donors (Lipinski definition) is 0. The second-order valence-electron chi connectivity index (χ2n) is 5.87. The summed E-state index contributed by atoms with van der Waals surface area (Å²) in [5, 5.41) is 4.11. The standard InChI is InChI=1S/C15H19N5OS/c1-10(2)13-14(22-19-18-13)15(21)20-7-3-4-11(8-20)12-5-6-16-9-17-12/h5-6,9-11H,3-4,7-8H2,1-2H3/t11-/m1/s1. The number of carbonyl (C=O) groups is 1. The predicted molar refractivity (Wildman–Crippen MR) is 83.9 cm³/mol. The third kappa shape index (κ3) is 2.99. The van der Waals surface area contributed by atoms with Crippen LogP contribution in [0.25, 0.3) is 0 Å². The first-order chi connectivity index (χ1) is 10.7. The minimum Gasteiger partial charge on any atom is -0.337 e. The van der Waals surface area contributed by atoms with Crippen molar-refractivity contribution in [3.8, 4) is 0 Å². The SMILES string of the molecule is CC(C)c1nnsc1C(=O)N1CCC[C@@H](c2ccncn2)C1. The molecular weight excluding hydrogens is 298 g/mol. The summed E-state index contributed by atoms with van der Waals surface area (Å²) in [7, 11) is 0. The monoisotopic (exact) mass is 317 g/mol. The van der Waals surface area contributed by atoms with E-state index in [0.717, 1.165) is 30.8 Å². The van der Waals surface area contributed by atoms with Gasteiger partial charge in [0.2, 0.25) is 0 Å². The van der Waals surface area contributed by atoms with E-state index in [2.05, 4.69) is 19.6 Å². The lowest BCUT2D eigenvalue weighted by molar-refractivity contribution is 0.0709. The molecule has 7 heteroatoms. The third-order valence-electron chi connectivity index (χ3n) is 3.99. The first-order valence-electron chi connectivity index (χ1n) is 7.54. The van der Waals surface area contributed by atoms with Gasteiger partial charge in [-0.1, -0.05) is 18.3 Å². The average molecular weight is 317 g/mol. The van der Waals surface area contributed by atoms with Gasteiger partial charge in [-0.05, 0) is 36.4 Å². The van der Waals surface area contributed by atoms with E-state index in [9.17, 15) is 4.79 Å². The van der Waals surface area contributed by atoms with Crippen molar-refractivity contribution in [3.63, 3.8) is 0 Å². The molecule has 22 heavy (non-hydrogen) atoms. The van der Waals surface area contributed by atoms with Gasteiger partial charge in [0.1, 0.15) is 11.2 Å². The van der Waals surface area contributed by atoms with Crippen molar-refractivity contribution in [2.75, 3.05) is 13.1 Å². The highest BCUT2D eigenvalue weighted by atomic mass is 32.1. The first kappa shape index (κ1) is 15.0. The predicted octanol–water partition coefficient (Wildman–Crippen LogP) is 2.47. The summed E-state index contributed by atoms with van der Waals surface area (Å²) in [6.07, 6.45) is 5.37. The highest BCUT2D eigenvalue weighted by molar-refractivity contribution is 7.08. The lowest BCUT2D eigenvalue weighted by atomic mass is 9.94. The highest BCUT2D eigenvalue weighted by Crippen LogP contribution is 2.28. The van der Waals surface area contributed by atoms with Gasteiger partial charge in [0, 0.05) is 30.9 Å². The summed E-state index contributed by atoms with van der Waals surface area (Å²) in [5.41, 5.74) is 1.82. The van der Waals surface area contributed by atoms with Crippen LogP contribution in [0.15, 0.2) is 18.6 Å². The Labute approximate surface area is 133 Å². The molecule has 1 aliphatic rings. The van der Waals surface area contributed by atoms with E-state index in [-0.39, 0.29) is 17.7 Å². The van der Waals surface area contributed by atoms with Crippen molar-refractivity contribution in [1.82, 2.24) is 24.5 Å². The summed E-state index contributed by atoms with van der Waals surface area (Å²) in [5.74, 6) is 0.543. The molecule has 1 saturated heterocycles. The van der Waals surface area contributed by atoms with Crippen LogP contribution in [0.4, 0.5) is 0 Å². The number of piperidine rings is 1. The van der Waals surface area contributed by atoms with E-state index in [0.29, 0.717) is 11.4 Å². The van der Waals surface area contributed by atoms with Crippen molar-refractivity contribution in [2.24, 2.45) is 0 Å². The summed E-state index contributed by atoms with van der Waals surface area (Å²) >= 11 is 1.20. The smallest absolute Gasteiger partial charge is 0.267 e. The molecule has 1 fully saturated rings. The Morgan fingerprint density at radius 3 is 3.05 bits per heavy atom. The second-order valence-corrected chi connectivity index (χ2v) is 6.62. The van der Waals surface area contributed by atoms with E-state index in [4.69, 9.17) is 0 Å². The molecule has 3 rings (SSSR count). The molecule has 0 aliphatic carbocycles. The van der Waals surface area contributed by atoms with Crippen molar-refractivity contribution in [2.45, 2.75) is 38.5 Å². The summed E-state index contributed by atoms with van der Waals surface area (Å²) < 4.78 is 3.96. The van der Waals surface area contributed by atoms with E-state index < -0.39 is 0 Å². The molecule has 0 aromatic carbocycles. The van der Waals surface area contributed by atoms with E-state index in [1.165, 1.54) is 11.5 Å². The maximum atomic E-state index is 12.8. The zero-order valence-corrected chi connectivity index (χ0v) is 13.6. The normalized spacial score (nSPS) is 18.7. The van der Waals surface area contributed by atoms with Crippen LogP contribution in [0.2, 0.25) is 0 Å². The van der Waals surface area contributed by atoms with Gasteiger partial charge in [-0.3, -0.25) is 4.79 Å². The zero-order valence-electron chi connectivity index (χ0n) is 12.8. The van der Waals surface area contributed by atoms with Gasteiger partial charge in [-0.2, -0.15) is 0 Å². The molecule has 0 radical (unpaired) electrons. The lowest BCUT2D eigenvalue weighted by Gasteiger charge is -2.32. The number of hydrogen-bond acceptors (Lipinski definition) is 6. The fourth-order valence-corrected chi connectivity index (χ4v) is 3.60. The van der Waals surface area contributed by atoms with Crippen LogP contribution in [0, 0.1) is 0 Å². The van der Waals surface area contributed by atoms with Gasteiger partial charge in [-0.15, -0.1) is 5.10 Å². The zero-order chi connectivity index (χ0) is 15.5. The topological polar surface area (TPSA) is 71.9 Å².